The number of nitrogens with zero attached hydrogens (tertiary/aromatic N) is 2. The minimum absolute atomic E-state index is 0.00219. The third-order valence-corrected chi connectivity index (χ3v) is 2.82. The normalized spacial score (nSPS) is 11.2. The average molecular weight is 263 g/mol. The van der Waals surface area contributed by atoms with Crippen molar-refractivity contribution < 1.29 is 9.59 Å². The summed E-state index contributed by atoms with van der Waals surface area (Å²) in [5, 5.41) is 10.6. The molecule has 19 heavy (non-hydrogen) atoms. The molecule has 0 bridgehead atoms. The van der Waals surface area contributed by atoms with Crippen molar-refractivity contribution >= 4 is 11.7 Å². The Bertz CT molecular complexity index is 490. The van der Waals surface area contributed by atoms with Crippen LogP contribution in [0.15, 0.2) is 6.07 Å². The van der Waals surface area contributed by atoms with Gasteiger partial charge in [0.15, 0.2) is 5.78 Å². The van der Waals surface area contributed by atoms with Crippen LogP contribution in [0.5, 0.6) is 0 Å². The molecule has 1 aromatic heterocycles. The van der Waals surface area contributed by atoms with Crippen molar-refractivity contribution in [2.45, 2.75) is 41.0 Å². The maximum absolute atomic E-state index is 12.1. The zero-order chi connectivity index (χ0) is 14.6. The van der Waals surface area contributed by atoms with Crippen LogP contribution in [0, 0.1) is 12.3 Å². The largest absolute Gasteiger partial charge is 0.345 e. The molecule has 0 spiro atoms. The summed E-state index contributed by atoms with van der Waals surface area (Å²) in [6.07, 6.45) is 0.628. The van der Waals surface area contributed by atoms with Gasteiger partial charge in [-0.25, -0.2) is 0 Å². The molecule has 1 heterocycles. The van der Waals surface area contributed by atoms with Crippen molar-refractivity contribution in [1.29, 1.82) is 0 Å². The van der Waals surface area contributed by atoms with Crippen molar-refractivity contribution in [1.82, 2.24) is 15.5 Å². The lowest BCUT2D eigenvalue weighted by Gasteiger charge is -2.17. The lowest BCUT2D eigenvalue weighted by molar-refractivity contribution is -0.125. The summed E-state index contributed by atoms with van der Waals surface area (Å²) < 4.78 is 0. The average Bonchev–Trinajstić information content (AvgIpc) is 2.34. The van der Waals surface area contributed by atoms with E-state index in [4.69, 9.17) is 0 Å². The Kier molecular flexibility index (Phi) is 4.75. The molecule has 1 N–H and O–H groups in total. The number of rotatable bonds is 4. The molecular weight excluding hydrogens is 242 g/mol. The van der Waals surface area contributed by atoms with Crippen LogP contribution in [0.4, 0.5) is 0 Å². The molecule has 0 aromatic carbocycles. The van der Waals surface area contributed by atoms with Crippen LogP contribution < -0.4 is 5.32 Å². The molecule has 0 atom stereocenters. The molecule has 0 aliphatic rings. The summed E-state index contributed by atoms with van der Waals surface area (Å²) in [5.41, 5.74) is 1.38. The van der Waals surface area contributed by atoms with E-state index in [0.717, 1.165) is 0 Å². The van der Waals surface area contributed by atoms with Crippen LogP contribution in [0.1, 0.15) is 49.4 Å². The van der Waals surface area contributed by atoms with Gasteiger partial charge in [0.25, 0.3) is 5.91 Å². The van der Waals surface area contributed by atoms with Crippen LogP contribution in [0.2, 0.25) is 0 Å². The van der Waals surface area contributed by atoms with Gasteiger partial charge in [-0.3, -0.25) is 9.59 Å². The smallest absolute Gasteiger partial charge is 0.253 e. The molecule has 0 aliphatic heterocycles. The first-order valence-electron chi connectivity index (χ1n) is 6.40. The lowest BCUT2D eigenvalue weighted by Crippen LogP contribution is -2.36. The Hall–Kier alpha value is -1.78. The topological polar surface area (TPSA) is 72.0 Å². The summed E-state index contributed by atoms with van der Waals surface area (Å²) >= 11 is 0. The summed E-state index contributed by atoms with van der Waals surface area (Å²) in [4.78, 5) is 23.9. The van der Waals surface area contributed by atoms with Gasteiger partial charge in [0.05, 0.1) is 23.5 Å². The Morgan fingerprint density at radius 3 is 2.42 bits per heavy atom. The fraction of sp³-hybridized carbons (Fsp3) is 0.571. The van der Waals surface area contributed by atoms with E-state index in [1.54, 1.807) is 13.0 Å². The van der Waals surface area contributed by atoms with E-state index >= 15 is 0 Å². The van der Waals surface area contributed by atoms with E-state index < -0.39 is 5.41 Å². The van der Waals surface area contributed by atoms with Gasteiger partial charge in [-0.05, 0) is 19.4 Å². The highest BCUT2D eigenvalue weighted by Crippen LogP contribution is 2.14. The Morgan fingerprint density at radius 1 is 1.26 bits per heavy atom. The van der Waals surface area contributed by atoms with Crippen LogP contribution >= 0.6 is 0 Å². The molecule has 0 aliphatic carbocycles. The third kappa shape index (κ3) is 4.12. The maximum Gasteiger partial charge on any atom is 0.253 e. The number of hydrogen-bond donors (Lipinski definition) is 1. The van der Waals surface area contributed by atoms with Gasteiger partial charge < -0.3 is 5.32 Å². The zero-order valence-electron chi connectivity index (χ0n) is 12.2. The number of carbonyl (C=O) groups excluding carboxylic acids is 2. The van der Waals surface area contributed by atoms with Crippen LogP contribution in [-0.2, 0) is 11.2 Å². The molecule has 1 amide bonds. The molecule has 0 saturated carbocycles. The van der Waals surface area contributed by atoms with Crippen molar-refractivity contribution in [2.75, 3.05) is 6.54 Å². The zero-order valence-corrected chi connectivity index (χ0v) is 12.2. The molecule has 0 saturated heterocycles. The van der Waals surface area contributed by atoms with E-state index in [0.29, 0.717) is 23.4 Å². The maximum atomic E-state index is 12.1. The quantitative estimate of drug-likeness (QED) is 0.897. The Balaban J connectivity index is 2.79. The third-order valence-electron chi connectivity index (χ3n) is 2.82. The molecule has 5 nitrogen and oxygen atoms in total. The van der Waals surface area contributed by atoms with E-state index in [-0.39, 0.29) is 18.2 Å². The van der Waals surface area contributed by atoms with Gasteiger partial charge in [-0.1, -0.05) is 27.7 Å². The first kappa shape index (κ1) is 15.3. The summed E-state index contributed by atoms with van der Waals surface area (Å²) in [5.74, 6) is -0.273. The fourth-order valence-corrected chi connectivity index (χ4v) is 1.49. The number of aromatic nitrogens is 2. The highest BCUT2D eigenvalue weighted by molar-refractivity contribution is 5.98. The number of nitrogens with one attached hydrogen (secondary N) is 1. The van der Waals surface area contributed by atoms with Gasteiger partial charge in [0, 0.05) is 5.41 Å². The standard InChI is InChI=1S/C14H21N3O2/c1-6-11-10(7-9(2)16-17-11)13(19)15-8-12(18)14(3,4)5/h7H,6,8H2,1-5H3,(H,15,19). The second kappa shape index (κ2) is 5.91. The first-order valence-corrected chi connectivity index (χ1v) is 6.40. The molecule has 0 fully saturated rings. The van der Waals surface area contributed by atoms with E-state index in [9.17, 15) is 9.59 Å². The van der Waals surface area contributed by atoms with E-state index in [1.165, 1.54) is 0 Å². The first-order chi connectivity index (χ1) is 8.75. The summed E-state index contributed by atoms with van der Waals surface area (Å²) in [7, 11) is 0. The van der Waals surface area contributed by atoms with Crippen LogP contribution in [0.3, 0.4) is 0 Å². The molecule has 0 unspecified atom stereocenters. The SMILES string of the molecule is CCc1nnc(C)cc1C(=O)NCC(=O)C(C)(C)C. The Labute approximate surface area is 113 Å². The van der Waals surface area contributed by atoms with Gasteiger partial charge >= 0.3 is 0 Å². The minimum Gasteiger partial charge on any atom is -0.345 e. The van der Waals surface area contributed by atoms with Gasteiger partial charge in [0.2, 0.25) is 0 Å². The Morgan fingerprint density at radius 2 is 1.89 bits per heavy atom. The monoisotopic (exact) mass is 263 g/mol. The number of hydrogen-bond acceptors (Lipinski definition) is 4. The van der Waals surface area contributed by atoms with Crippen molar-refractivity contribution in [3.05, 3.63) is 23.0 Å². The molecule has 0 radical (unpaired) electrons. The number of ketones is 1. The highest BCUT2D eigenvalue weighted by atomic mass is 16.2. The summed E-state index contributed by atoms with van der Waals surface area (Å²) in [6, 6.07) is 1.70. The van der Waals surface area contributed by atoms with Crippen molar-refractivity contribution in [3.8, 4) is 0 Å². The predicted octanol–water partition coefficient (Wildman–Crippen LogP) is 1.69. The number of amides is 1. The van der Waals surface area contributed by atoms with Crippen molar-refractivity contribution in [2.24, 2.45) is 5.41 Å². The molecule has 1 aromatic rings. The fourth-order valence-electron chi connectivity index (χ4n) is 1.49. The van der Waals surface area contributed by atoms with Gasteiger partial charge in [-0.2, -0.15) is 10.2 Å². The second-order valence-electron chi connectivity index (χ2n) is 5.56. The lowest BCUT2D eigenvalue weighted by atomic mass is 9.91. The molecule has 1 rings (SSSR count). The number of carbonyl (C=O) groups is 2. The van der Waals surface area contributed by atoms with Crippen LogP contribution in [-0.4, -0.2) is 28.4 Å². The van der Waals surface area contributed by atoms with E-state index in [1.807, 2.05) is 27.7 Å². The van der Waals surface area contributed by atoms with Crippen molar-refractivity contribution in [3.63, 3.8) is 0 Å². The predicted molar refractivity (Wildman–Crippen MR) is 72.9 cm³/mol. The van der Waals surface area contributed by atoms with Crippen LogP contribution in [0.25, 0.3) is 0 Å². The number of Topliss-reactive ketones (excluding diaryl/α,β-unsaturated/α-hetero) is 1. The summed E-state index contributed by atoms with van der Waals surface area (Å²) in [6.45, 7) is 9.22. The van der Waals surface area contributed by atoms with E-state index in [2.05, 4.69) is 15.5 Å². The second-order valence-corrected chi connectivity index (χ2v) is 5.56. The highest BCUT2D eigenvalue weighted by Gasteiger charge is 2.22. The van der Waals surface area contributed by atoms with Gasteiger partial charge in [0.1, 0.15) is 0 Å². The molecule has 104 valence electrons. The molecule has 5 heteroatoms. The number of aryl methyl sites for hydroxylation is 2. The molecular formula is C14H21N3O2. The van der Waals surface area contributed by atoms with Gasteiger partial charge in [-0.15, -0.1) is 0 Å². The minimum atomic E-state index is -0.451.